The Morgan fingerprint density at radius 3 is 1.92 bits per heavy atom. The van der Waals surface area contributed by atoms with E-state index in [0.29, 0.717) is 5.75 Å². The van der Waals surface area contributed by atoms with Crippen molar-refractivity contribution in [1.29, 1.82) is 0 Å². The quantitative estimate of drug-likeness (QED) is 0.882. The zero-order valence-electron chi connectivity index (χ0n) is 16.7. The second-order valence-corrected chi connectivity index (χ2v) is 9.47. The summed E-state index contributed by atoms with van der Waals surface area (Å²) in [6, 6.07) is 4.44. The second-order valence-electron chi connectivity index (χ2n) is 9.47. The van der Waals surface area contributed by atoms with E-state index >= 15 is 0 Å². The molecule has 0 spiro atoms. The van der Waals surface area contributed by atoms with Gasteiger partial charge in [-0.15, -0.1) is 0 Å². The van der Waals surface area contributed by atoms with Gasteiger partial charge < -0.3 is 10.0 Å². The van der Waals surface area contributed by atoms with E-state index in [4.69, 9.17) is 0 Å². The minimum atomic E-state index is -0.0565. The van der Waals surface area contributed by atoms with Crippen molar-refractivity contribution in [2.45, 2.75) is 65.3 Å². The number of likely N-dealkylation sites (N-methyl/N-ethyl adjacent to an activating group) is 1. The van der Waals surface area contributed by atoms with E-state index in [-0.39, 0.29) is 10.8 Å². The number of nitrogens with zero attached hydrogens (tertiary/aromatic N) is 2. The van der Waals surface area contributed by atoms with Crippen molar-refractivity contribution >= 4 is 0 Å². The summed E-state index contributed by atoms with van der Waals surface area (Å²) in [5.41, 5.74) is 3.35. The summed E-state index contributed by atoms with van der Waals surface area (Å²) in [5, 5.41) is 10.8. The molecule has 1 aromatic carbocycles. The molecule has 0 saturated carbocycles. The Labute approximate surface area is 148 Å². The smallest absolute Gasteiger partial charge is 0.123 e. The summed E-state index contributed by atoms with van der Waals surface area (Å²) in [7, 11) is 2.21. The zero-order chi connectivity index (χ0) is 18.1. The van der Waals surface area contributed by atoms with Gasteiger partial charge in [0.05, 0.1) is 0 Å². The van der Waals surface area contributed by atoms with Gasteiger partial charge in [0, 0.05) is 19.6 Å². The van der Waals surface area contributed by atoms with Crippen molar-refractivity contribution in [3.8, 4) is 5.75 Å². The Morgan fingerprint density at radius 1 is 0.875 bits per heavy atom. The largest absolute Gasteiger partial charge is 0.507 e. The number of phenolic OH excluding ortho intramolecular Hbond substituents is 1. The molecule has 136 valence electrons. The molecule has 1 N–H and O–H groups in total. The molecule has 0 atom stereocenters. The number of aromatic hydroxyl groups is 1. The monoisotopic (exact) mass is 332 g/mol. The first kappa shape index (κ1) is 19.3. The van der Waals surface area contributed by atoms with Gasteiger partial charge in [-0.2, -0.15) is 0 Å². The van der Waals surface area contributed by atoms with Crippen molar-refractivity contribution in [3.63, 3.8) is 0 Å². The maximum Gasteiger partial charge on any atom is 0.123 e. The molecule has 24 heavy (non-hydrogen) atoms. The SMILES string of the molecule is CN1CCCN(Cc2cc(C(C)(C)C)c(O)c(C(C)(C)C)c2)CC1. The van der Waals surface area contributed by atoms with E-state index in [1.807, 2.05) is 0 Å². The van der Waals surface area contributed by atoms with Crippen molar-refractivity contribution in [3.05, 3.63) is 28.8 Å². The second kappa shape index (κ2) is 7.05. The van der Waals surface area contributed by atoms with Crippen molar-refractivity contribution in [2.24, 2.45) is 0 Å². The number of hydrogen-bond donors (Lipinski definition) is 1. The molecule has 1 saturated heterocycles. The first-order chi connectivity index (χ1) is 11.0. The summed E-state index contributed by atoms with van der Waals surface area (Å²) in [6.07, 6.45) is 1.23. The van der Waals surface area contributed by atoms with E-state index in [9.17, 15) is 5.11 Å². The molecule has 1 aliphatic heterocycles. The molecule has 1 aliphatic rings. The maximum absolute atomic E-state index is 10.8. The van der Waals surface area contributed by atoms with Gasteiger partial charge in [-0.1, -0.05) is 53.7 Å². The Balaban J connectivity index is 2.36. The fourth-order valence-electron chi connectivity index (χ4n) is 3.45. The topological polar surface area (TPSA) is 26.7 Å². The molecule has 2 rings (SSSR count). The molecule has 3 nitrogen and oxygen atoms in total. The molecule has 0 bridgehead atoms. The van der Waals surface area contributed by atoms with Gasteiger partial charge in [0.2, 0.25) is 0 Å². The highest BCUT2D eigenvalue weighted by Gasteiger charge is 2.27. The molecule has 0 radical (unpaired) electrons. The molecule has 1 heterocycles. The van der Waals surface area contributed by atoms with Gasteiger partial charge in [-0.25, -0.2) is 0 Å². The standard InChI is InChI=1S/C21H36N2O/c1-20(2,3)17-13-16(14-18(19(17)24)21(4,5)6)15-23-10-8-9-22(7)11-12-23/h13-14,24H,8-12,15H2,1-7H3. The summed E-state index contributed by atoms with van der Waals surface area (Å²) in [5.74, 6) is 0.481. The third kappa shape index (κ3) is 4.73. The average Bonchev–Trinajstić information content (AvgIpc) is 2.63. The van der Waals surface area contributed by atoms with Crippen molar-refractivity contribution in [1.82, 2.24) is 9.80 Å². The highest BCUT2D eigenvalue weighted by atomic mass is 16.3. The summed E-state index contributed by atoms with van der Waals surface area (Å²) in [4.78, 5) is 4.97. The van der Waals surface area contributed by atoms with Gasteiger partial charge >= 0.3 is 0 Å². The molecule has 0 aromatic heterocycles. The van der Waals surface area contributed by atoms with E-state index in [2.05, 4.69) is 70.5 Å². The molecule has 3 heteroatoms. The van der Waals surface area contributed by atoms with E-state index in [1.54, 1.807) is 0 Å². The Hall–Kier alpha value is -1.06. The minimum Gasteiger partial charge on any atom is -0.507 e. The van der Waals surface area contributed by atoms with E-state index in [0.717, 1.165) is 37.3 Å². The Morgan fingerprint density at radius 2 is 1.42 bits per heavy atom. The predicted molar refractivity (Wildman–Crippen MR) is 103 cm³/mol. The van der Waals surface area contributed by atoms with Crippen LogP contribution in [-0.2, 0) is 17.4 Å². The average molecular weight is 333 g/mol. The number of phenols is 1. The first-order valence-electron chi connectivity index (χ1n) is 9.26. The molecular formula is C21H36N2O. The number of rotatable bonds is 2. The fraction of sp³-hybridized carbons (Fsp3) is 0.714. The Bertz CT molecular complexity index is 531. The van der Waals surface area contributed by atoms with Crippen LogP contribution in [-0.4, -0.2) is 48.1 Å². The summed E-state index contributed by atoms with van der Waals surface area (Å²) in [6.45, 7) is 18.6. The van der Waals surface area contributed by atoms with Crippen LogP contribution in [0.15, 0.2) is 12.1 Å². The zero-order valence-corrected chi connectivity index (χ0v) is 16.7. The molecule has 1 aromatic rings. The van der Waals surface area contributed by atoms with Crippen LogP contribution in [0.4, 0.5) is 0 Å². The lowest BCUT2D eigenvalue weighted by Crippen LogP contribution is -2.29. The van der Waals surface area contributed by atoms with Crippen LogP contribution in [0.1, 0.15) is 64.7 Å². The van der Waals surface area contributed by atoms with Gasteiger partial charge in [0.15, 0.2) is 0 Å². The van der Waals surface area contributed by atoms with Gasteiger partial charge in [0.1, 0.15) is 5.75 Å². The Kier molecular flexibility index (Phi) is 5.66. The van der Waals surface area contributed by atoms with Crippen LogP contribution in [0.2, 0.25) is 0 Å². The van der Waals surface area contributed by atoms with E-state index in [1.165, 1.54) is 18.5 Å². The van der Waals surface area contributed by atoms with Crippen LogP contribution in [0.5, 0.6) is 5.75 Å². The highest BCUT2D eigenvalue weighted by Crippen LogP contribution is 2.40. The minimum absolute atomic E-state index is 0.0565. The predicted octanol–water partition coefficient (Wildman–Crippen LogP) is 4.12. The highest BCUT2D eigenvalue weighted by molar-refractivity contribution is 5.49. The normalized spacial score (nSPS) is 18.6. The van der Waals surface area contributed by atoms with Crippen LogP contribution < -0.4 is 0 Å². The first-order valence-corrected chi connectivity index (χ1v) is 9.26. The molecule has 0 unspecified atom stereocenters. The van der Waals surface area contributed by atoms with Crippen LogP contribution in [0, 0.1) is 0 Å². The van der Waals surface area contributed by atoms with E-state index < -0.39 is 0 Å². The van der Waals surface area contributed by atoms with Crippen LogP contribution in [0.3, 0.4) is 0 Å². The number of benzene rings is 1. The third-order valence-corrected chi connectivity index (χ3v) is 5.00. The van der Waals surface area contributed by atoms with Crippen LogP contribution in [0.25, 0.3) is 0 Å². The third-order valence-electron chi connectivity index (χ3n) is 5.00. The lowest BCUT2D eigenvalue weighted by Gasteiger charge is -2.29. The van der Waals surface area contributed by atoms with Gasteiger partial charge in [-0.05, 0) is 54.1 Å². The number of hydrogen-bond acceptors (Lipinski definition) is 3. The lowest BCUT2D eigenvalue weighted by molar-refractivity contribution is 0.268. The van der Waals surface area contributed by atoms with Crippen LogP contribution >= 0.6 is 0 Å². The molecule has 0 amide bonds. The summed E-state index contributed by atoms with van der Waals surface area (Å²) >= 11 is 0. The molecular weight excluding hydrogens is 296 g/mol. The van der Waals surface area contributed by atoms with Gasteiger partial charge in [-0.3, -0.25) is 4.90 Å². The molecule has 0 aliphatic carbocycles. The lowest BCUT2D eigenvalue weighted by atomic mass is 9.78. The van der Waals surface area contributed by atoms with Crippen molar-refractivity contribution < 1.29 is 5.11 Å². The molecule has 1 fully saturated rings. The summed E-state index contributed by atoms with van der Waals surface area (Å²) < 4.78 is 0. The fourth-order valence-corrected chi connectivity index (χ4v) is 3.45. The van der Waals surface area contributed by atoms with Crippen molar-refractivity contribution in [2.75, 3.05) is 33.2 Å². The maximum atomic E-state index is 10.8. The van der Waals surface area contributed by atoms with Gasteiger partial charge in [0.25, 0.3) is 0 Å².